The van der Waals surface area contributed by atoms with Crippen molar-refractivity contribution in [2.45, 2.75) is 19.4 Å². The molecule has 1 aromatic heterocycles. The van der Waals surface area contributed by atoms with Crippen LogP contribution in [0.1, 0.15) is 34.7 Å². The molecule has 0 aliphatic carbocycles. The van der Waals surface area contributed by atoms with Gasteiger partial charge < -0.3 is 20.9 Å². The molecule has 0 radical (unpaired) electrons. The van der Waals surface area contributed by atoms with E-state index in [1.54, 1.807) is 13.0 Å². The van der Waals surface area contributed by atoms with E-state index < -0.39 is 34.7 Å². The Hall–Kier alpha value is -4.76. The van der Waals surface area contributed by atoms with E-state index in [2.05, 4.69) is 18.5 Å². The van der Waals surface area contributed by atoms with E-state index in [4.69, 9.17) is 10.5 Å². The summed E-state index contributed by atoms with van der Waals surface area (Å²) in [5.74, 6) is -2.81. The third kappa shape index (κ3) is 6.53. The number of nitrogens with two attached hydrogens (primary N) is 1. The third-order valence-electron chi connectivity index (χ3n) is 6.58. The number of anilines is 1. The molecule has 41 heavy (non-hydrogen) atoms. The number of pyridine rings is 1. The number of aliphatic hydroxyl groups is 1. The smallest absolute Gasteiger partial charge is 0.256 e. The molecule has 9 heteroatoms. The fourth-order valence-electron chi connectivity index (χ4n) is 4.45. The number of nitrogens with zero attached hydrogens (tertiary/aromatic N) is 1. The second-order valence-corrected chi connectivity index (χ2v) is 9.48. The molecule has 0 saturated carbocycles. The quantitative estimate of drug-likeness (QED) is 0.146. The van der Waals surface area contributed by atoms with Crippen LogP contribution < -0.4 is 21.3 Å². The van der Waals surface area contributed by atoms with Crippen molar-refractivity contribution in [1.29, 1.82) is 0 Å². The number of benzene rings is 3. The van der Waals surface area contributed by atoms with E-state index in [0.717, 1.165) is 28.3 Å². The van der Waals surface area contributed by atoms with Gasteiger partial charge in [-0.3, -0.25) is 9.36 Å². The topological polar surface area (TPSA) is 89.5 Å². The Morgan fingerprint density at radius 1 is 1.00 bits per heavy atom. The summed E-state index contributed by atoms with van der Waals surface area (Å²) in [6.45, 7) is 9.74. The molecule has 0 unspecified atom stereocenters. The summed E-state index contributed by atoms with van der Waals surface area (Å²) in [6.07, 6.45) is 0.459. The van der Waals surface area contributed by atoms with Gasteiger partial charge in [0.2, 0.25) is 0 Å². The zero-order chi connectivity index (χ0) is 29.7. The van der Waals surface area contributed by atoms with Crippen LogP contribution >= 0.6 is 0 Å². The van der Waals surface area contributed by atoms with Gasteiger partial charge in [-0.25, -0.2) is 13.2 Å². The Labute approximate surface area is 235 Å². The van der Waals surface area contributed by atoms with Crippen LogP contribution in [0.15, 0.2) is 96.5 Å². The lowest BCUT2D eigenvalue weighted by Crippen LogP contribution is -2.25. The summed E-state index contributed by atoms with van der Waals surface area (Å²) in [7, 11) is 0. The van der Waals surface area contributed by atoms with Crippen LogP contribution in [0.4, 0.5) is 19.0 Å². The molecule has 4 N–H and O–H groups in total. The molecule has 3 aromatic carbocycles. The molecule has 0 aliphatic heterocycles. The maximum absolute atomic E-state index is 15.2. The summed E-state index contributed by atoms with van der Waals surface area (Å²) < 4.78 is 50.4. The first-order valence-electron chi connectivity index (χ1n) is 12.8. The minimum Gasteiger partial charge on any atom is -0.511 e. The Morgan fingerprint density at radius 2 is 1.68 bits per heavy atom. The van der Waals surface area contributed by atoms with Crippen LogP contribution in [0.3, 0.4) is 0 Å². The minimum absolute atomic E-state index is 0.0354. The number of nitrogen functional groups attached to an aromatic ring is 1. The van der Waals surface area contributed by atoms with E-state index in [-0.39, 0.29) is 29.5 Å². The average molecular weight is 562 g/mol. The largest absolute Gasteiger partial charge is 0.511 e. The van der Waals surface area contributed by atoms with Gasteiger partial charge >= 0.3 is 0 Å². The highest BCUT2D eigenvalue weighted by atomic mass is 19.1. The lowest BCUT2D eigenvalue weighted by Gasteiger charge is -2.18. The van der Waals surface area contributed by atoms with Gasteiger partial charge in [0, 0.05) is 23.8 Å². The number of hydrogen-bond donors (Lipinski definition) is 3. The van der Waals surface area contributed by atoms with Crippen molar-refractivity contribution in [1.82, 2.24) is 9.88 Å². The lowest BCUT2D eigenvalue weighted by atomic mass is 9.98. The minimum atomic E-state index is -1.05. The van der Waals surface area contributed by atoms with Crippen molar-refractivity contribution in [2.75, 3.05) is 18.9 Å². The number of halogens is 3. The number of hydrogen-bond acceptors (Lipinski definition) is 5. The van der Waals surface area contributed by atoms with Crippen molar-refractivity contribution < 1.29 is 23.0 Å². The van der Waals surface area contributed by atoms with Crippen LogP contribution in [0.25, 0.3) is 11.3 Å². The average Bonchev–Trinajstić information content (AvgIpc) is 2.93. The Balaban J connectivity index is 1.49. The van der Waals surface area contributed by atoms with Crippen molar-refractivity contribution in [3.8, 4) is 11.4 Å². The van der Waals surface area contributed by atoms with Crippen LogP contribution in [-0.4, -0.2) is 22.8 Å². The second-order valence-electron chi connectivity index (χ2n) is 9.48. The number of nitrogens with one attached hydrogen (secondary N) is 1. The van der Waals surface area contributed by atoms with Gasteiger partial charge in [0.15, 0.2) is 11.6 Å². The van der Waals surface area contributed by atoms with E-state index in [9.17, 15) is 14.3 Å². The lowest BCUT2D eigenvalue weighted by molar-refractivity contribution is 0.295. The van der Waals surface area contributed by atoms with E-state index in [0.29, 0.717) is 29.7 Å². The number of aromatic nitrogens is 1. The zero-order valence-electron chi connectivity index (χ0n) is 22.5. The molecule has 1 heterocycles. The zero-order valence-corrected chi connectivity index (χ0v) is 22.5. The van der Waals surface area contributed by atoms with Crippen molar-refractivity contribution in [2.24, 2.45) is 0 Å². The van der Waals surface area contributed by atoms with Gasteiger partial charge in [-0.05, 0) is 60.4 Å². The SMILES string of the molecule is C=C(c1ccc(F)c(C)c1)c1ccc(=O)n(-c2c(F)cc(OCCCN[C@H](C(=C)O)c3ccccc3)cc2F)c1N. The van der Waals surface area contributed by atoms with Crippen molar-refractivity contribution in [3.05, 3.63) is 142 Å². The number of aliphatic hydroxyl groups excluding tert-OH is 1. The fourth-order valence-corrected chi connectivity index (χ4v) is 4.45. The van der Waals surface area contributed by atoms with Gasteiger partial charge in [0.1, 0.15) is 28.8 Å². The first-order chi connectivity index (χ1) is 19.6. The monoisotopic (exact) mass is 561 g/mol. The molecular formula is C32H30F3N3O3. The highest BCUT2D eigenvalue weighted by Crippen LogP contribution is 2.30. The van der Waals surface area contributed by atoms with Gasteiger partial charge in [0.05, 0.1) is 12.6 Å². The van der Waals surface area contributed by atoms with Crippen molar-refractivity contribution >= 4 is 11.4 Å². The Bertz CT molecular complexity index is 1630. The maximum Gasteiger partial charge on any atom is 0.256 e. The van der Waals surface area contributed by atoms with Crippen LogP contribution in [0, 0.1) is 24.4 Å². The van der Waals surface area contributed by atoms with Crippen LogP contribution in [-0.2, 0) is 0 Å². The summed E-state index contributed by atoms with van der Waals surface area (Å²) in [5.41, 5.74) is 7.22. The Morgan fingerprint density at radius 3 is 2.32 bits per heavy atom. The molecule has 0 bridgehead atoms. The molecule has 4 rings (SSSR count). The van der Waals surface area contributed by atoms with Crippen molar-refractivity contribution in [3.63, 3.8) is 0 Å². The molecule has 0 amide bonds. The number of aryl methyl sites for hydroxylation is 1. The molecule has 212 valence electrons. The van der Waals surface area contributed by atoms with E-state index in [1.807, 2.05) is 30.3 Å². The third-order valence-corrected chi connectivity index (χ3v) is 6.58. The summed E-state index contributed by atoms with van der Waals surface area (Å²) in [5, 5.41) is 13.1. The molecule has 0 saturated heterocycles. The Kier molecular flexibility index (Phi) is 8.99. The molecule has 4 aromatic rings. The maximum atomic E-state index is 15.2. The van der Waals surface area contributed by atoms with Gasteiger partial charge in [-0.15, -0.1) is 0 Å². The first kappa shape index (κ1) is 29.2. The normalized spacial score (nSPS) is 11.7. The van der Waals surface area contributed by atoms with Crippen LogP contribution in [0.5, 0.6) is 5.75 Å². The molecule has 0 aliphatic rings. The van der Waals surface area contributed by atoms with Gasteiger partial charge in [-0.2, -0.15) is 0 Å². The summed E-state index contributed by atoms with van der Waals surface area (Å²) in [6, 6.07) is 17.7. The number of ether oxygens (including phenoxy) is 1. The highest BCUT2D eigenvalue weighted by molar-refractivity contribution is 5.83. The first-order valence-corrected chi connectivity index (χ1v) is 12.8. The summed E-state index contributed by atoms with van der Waals surface area (Å²) in [4.78, 5) is 12.7. The molecule has 6 nitrogen and oxygen atoms in total. The highest BCUT2D eigenvalue weighted by Gasteiger charge is 2.20. The second kappa shape index (κ2) is 12.6. The van der Waals surface area contributed by atoms with E-state index in [1.165, 1.54) is 18.2 Å². The predicted molar refractivity (Wildman–Crippen MR) is 155 cm³/mol. The molecule has 0 fully saturated rings. The predicted octanol–water partition coefficient (Wildman–Crippen LogP) is 6.38. The number of rotatable bonds is 11. The molecule has 0 spiro atoms. The van der Waals surface area contributed by atoms with Gasteiger partial charge in [0.25, 0.3) is 5.56 Å². The standard InChI is InChI=1S/C32H30F3N3O3/c1-19-16-23(10-12-26(19)33)20(2)25-11-13-29(40)38(32(25)36)31-27(34)17-24(18-28(31)35)41-15-7-14-37-30(21(3)39)22-8-5-4-6-9-22/h4-6,8-13,16-18,30,37,39H,2-3,7,14-15,36H2,1H3/t30-/m1/s1. The van der Waals surface area contributed by atoms with E-state index >= 15 is 8.78 Å². The van der Waals surface area contributed by atoms with Gasteiger partial charge in [-0.1, -0.05) is 49.6 Å². The fraction of sp³-hybridized carbons (Fsp3) is 0.156. The molecule has 1 atom stereocenters. The van der Waals surface area contributed by atoms with Crippen LogP contribution in [0.2, 0.25) is 0 Å². The molecular weight excluding hydrogens is 531 g/mol. The summed E-state index contributed by atoms with van der Waals surface area (Å²) >= 11 is 0.